The van der Waals surface area contributed by atoms with Crippen molar-refractivity contribution in [2.24, 2.45) is 4.99 Å². The number of likely N-dealkylation sites (tertiary alicyclic amines) is 1. The number of guanidine groups is 1. The second-order valence-electron chi connectivity index (χ2n) is 6.14. The Morgan fingerprint density at radius 1 is 1.48 bits per heavy atom. The Labute approximate surface area is 142 Å². The summed E-state index contributed by atoms with van der Waals surface area (Å²) in [5.74, 6) is 0.621. The lowest BCUT2D eigenvalue weighted by molar-refractivity contribution is 0.0519. The molecule has 1 heterocycles. The number of rotatable bonds is 6. The fraction of sp³-hybridized carbons (Fsp3) is 0.600. The first-order valence-corrected chi connectivity index (χ1v) is 7.89. The smallest absolute Gasteiger partial charge is 0.407 e. The average molecular weight is 344 g/mol. The van der Waals surface area contributed by atoms with E-state index in [9.17, 15) is 4.79 Å². The van der Waals surface area contributed by atoms with Crippen LogP contribution in [0.4, 0.5) is 4.79 Å². The number of nitrogens with zero attached hydrogens (tertiary/aromatic N) is 2. The molecule has 0 aromatic heterocycles. The van der Waals surface area contributed by atoms with Crippen LogP contribution in [0.15, 0.2) is 29.5 Å². The van der Waals surface area contributed by atoms with Gasteiger partial charge in [-0.25, -0.2) is 9.79 Å². The van der Waals surface area contributed by atoms with Crippen LogP contribution in [0.1, 0.15) is 33.6 Å². The van der Waals surface area contributed by atoms with Crippen LogP contribution in [0.2, 0.25) is 0 Å². The van der Waals surface area contributed by atoms with Crippen molar-refractivity contribution in [1.82, 2.24) is 21.1 Å². The zero-order valence-corrected chi connectivity index (χ0v) is 14.7. The van der Waals surface area contributed by atoms with Gasteiger partial charge in [-0.2, -0.15) is 0 Å². The highest BCUT2D eigenvalue weighted by atomic mass is 35.5. The molecule has 23 heavy (non-hydrogen) atoms. The van der Waals surface area contributed by atoms with Crippen LogP contribution < -0.4 is 16.2 Å². The summed E-state index contributed by atoms with van der Waals surface area (Å²) in [4.78, 5) is 17.9. The minimum atomic E-state index is -0.490. The molecule has 0 aromatic carbocycles. The number of aliphatic imine (C=N–C) groups is 1. The molecule has 0 aliphatic carbocycles. The predicted molar refractivity (Wildman–Crippen MR) is 92.9 cm³/mol. The molecule has 0 saturated carbocycles. The topological polar surface area (TPSA) is 78.0 Å². The molecule has 0 aromatic rings. The van der Waals surface area contributed by atoms with Gasteiger partial charge in [0.1, 0.15) is 10.8 Å². The Kier molecular flexibility index (Phi) is 7.22. The van der Waals surface area contributed by atoms with Gasteiger partial charge >= 0.3 is 6.09 Å². The molecule has 1 atom stereocenters. The van der Waals surface area contributed by atoms with Crippen molar-refractivity contribution in [3.63, 3.8) is 0 Å². The number of hydrazine groups is 1. The van der Waals surface area contributed by atoms with E-state index in [4.69, 9.17) is 16.3 Å². The molecule has 1 amide bonds. The Morgan fingerprint density at radius 2 is 2.17 bits per heavy atom. The van der Waals surface area contributed by atoms with Crippen LogP contribution in [0, 0.1) is 0 Å². The molecule has 1 rings (SSSR count). The third-order valence-electron chi connectivity index (χ3n) is 3.09. The van der Waals surface area contributed by atoms with Crippen LogP contribution in [-0.2, 0) is 4.74 Å². The lowest BCUT2D eigenvalue weighted by atomic mass is 10.0. The van der Waals surface area contributed by atoms with Crippen LogP contribution >= 0.6 is 11.6 Å². The van der Waals surface area contributed by atoms with Crippen molar-refractivity contribution in [1.29, 1.82) is 0 Å². The number of carbonyl (C=O) groups is 1. The lowest BCUT2D eigenvalue weighted by Crippen LogP contribution is -2.58. The number of amides is 1. The molecule has 1 aliphatic rings. The normalized spacial score (nSPS) is 17.8. The summed E-state index contributed by atoms with van der Waals surface area (Å²) >= 11 is 5.67. The fourth-order valence-corrected chi connectivity index (χ4v) is 2.11. The first kappa shape index (κ1) is 19.2. The molecule has 7 nitrogen and oxygen atoms in total. The molecular weight excluding hydrogens is 318 g/mol. The van der Waals surface area contributed by atoms with Crippen LogP contribution in [0.5, 0.6) is 0 Å². The molecule has 1 saturated heterocycles. The lowest BCUT2D eigenvalue weighted by Gasteiger charge is -2.43. The van der Waals surface area contributed by atoms with Crippen molar-refractivity contribution in [2.75, 3.05) is 13.1 Å². The summed E-state index contributed by atoms with van der Waals surface area (Å²) in [7, 11) is 0. The summed E-state index contributed by atoms with van der Waals surface area (Å²) in [6, 6.07) is 0.279. The molecule has 0 spiro atoms. The van der Waals surface area contributed by atoms with Gasteiger partial charge in [0.25, 0.3) is 0 Å². The molecule has 0 radical (unpaired) electrons. The van der Waals surface area contributed by atoms with Gasteiger partial charge in [0.05, 0.1) is 0 Å². The van der Waals surface area contributed by atoms with Gasteiger partial charge in [-0.15, -0.1) is 0 Å². The van der Waals surface area contributed by atoms with Gasteiger partial charge in [0.15, 0.2) is 0 Å². The maximum atomic E-state index is 11.6. The van der Waals surface area contributed by atoms with Crippen molar-refractivity contribution in [2.45, 2.75) is 45.3 Å². The molecule has 8 heteroatoms. The van der Waals surface area contributed by atoms with Crippen molar-refractivity contribution in [3.05, 3.63) is 24.5 Å². The average Bonchev–Trinajstić information content (AvgIpc) is 2.37. The Balaban J connectivity index is 2.40. The van der Waals surface area contributed by atoms with Gasteiger partial charge in [-0.3, -0.25) is 10.9 Å². The van der Waals surface area contributed by atoms with Crippen molar-refractivity contribution in [3.8, 4) is 0 Å². The number of ether oxygens (including phenoxy) is 1. The quantitative estimate of drug-likeness (QED) is 0.298. The highest BCUT2D eigenvalue weighted by Gasteiger charge is 2.30. The minimum Gasteiger partial charge on any atom is -0.444 e. The number of halogens is 1. The fourth-order valence-electron chi connectivity index (χ4n) is 2.06. The van der Waals surface area contributed by atoms with Gasteiger partial charge in [-0.1, -0.05) is 24.8 Å². The largest absolute Gasteiger partial charge is 0.444 e. The third-order valence-corrected chi connectivity index (χ3v) is 3.18. The summed E-state index contributed by atoms with van der Waals surface area (Å²) < 4.78 is 5.20. The van der Waals surface area contributed by atoms with Gasteiger partial charge < -0.3 is 15.0 Å². The molecule has 1 aliphatic heterocycles. The molecule has 130 valence electrons. The Bertz CT molecular complexity index is 473. The first-order valence-electron chi connectivity index (χ1n) is 7.51. The van der Waals surface area contributed by atoms with Crippen molar-refractivity contribution < 1.29 is 9.53 Å². The Morgan fingerprint density at radius 3 is 2.65 bits per heavy atom. The van der Waals surface area contributed by atoms with E-state index in [0.717, 1.165) is 19.4 Å². The molecular formula is C15H26ClN5O2. The van der Waals surface area contributed by atoms with E-state index in [2.05, 4.69) is 39.2 Å². The van der Waals surface area contributed by atoms with E-state index in [1.165, 1.54) is 6.20 Å². The van der Waals surface area contributed by atoms with E-state index < -0.39 is 11.7 Å². The molecule has 1 unspecified atom stereocenters. The maximum absolute atomic E-state index is 11.6. The SMILES string of the molecule is C=CN=C(NNC(=C)Cl)N1CCC1CCNC(=O)OC(C)(C)C. The standard InChI is InChI=1S/C15H26ClN5O2/c1-6-17-13(20-19-11(2)16)21-10-8-12(21)7-9-18-14(22)23-15(3,4)5/h6,12,19H,1-2,7-10H2,3-5H3,(H,17,20)(H,18,22). The van der Waals surface area contributed by atoms with Crippen molar-refractivity contribution >= 4 is 23.7 Å². The summed E-state index contributed by atoms with van der Waals surface area (Å²) in [5.41, 5.74) is 5.11. The highest BCUT2D eigenvalue weighted by Crippen LogP contribution is 2.20. The third kappa shape index (κ3) is 7.27. The number of alkyl carbamates (subject to hydrolysis) is 1. The van der Waals surface area contributed by atoms with Gasteiger partial charge in [0, 0.05) is 25.3 Å². The summed E-state index contributed by atoms with van der Waals surface area (Å²) in [5, 5.41) is 3.03. The number of nitrogens with one attached hydrogen (secondary N) is 3. The van der Waals surface area contributed by atoms with E-state index in [0.29, 0.717) is 12.5 Å². The number of hydrogen-bond donors (Lipinski definition) is 3. The van der Waals surface area contributed by atoms with Crippen LogP contribution in [0.3, 0.4) is 0 Å². The monoisotopic (exact) mass is 343 g/mol. The second-order valence-corrected chi connectivity index (χ2v) is 6.60. The number of carbonyl (C=O) groups excluding carboxylic acids is 1. The minimum absolute atomic E-state index is 0.269. The van der Waals surface area contributed by atoms with E-state index >= 15 is 0 Å². The summed E-state index contributed by atoms with van der Waals surface area (Å²) in [6.07, 6.45) is 2.87. The van der Waals surface area contributed by atoms with E-state index in [1.807, 2.05) is 20.8 Å². The molecule has 0 bridgehead atoms. The van der Waals surface area contributed by atoms with E-state index in [1.54, 1.807) is 0 Å². The van der Waals surface area contributed by atoms with Crippen LogP contribution in [-0.4, -0.2) is 41.7 Å². The van der Waals surface area contributed by atoms with Gasteiger partial charge in [-0.05, 0) is 33.6 Å². The maximum Gasteiger partial charge on any atom is 0.407 e. The molecule has 1 fully saturated rings. The first-order chi connectivity index (χ1) is 10.7. The second kappa shape index (κ2) is 8.67. The predicted octanol–water partition coefficient (Wildman–Crippen LogP) is 2.28. The summed E-state index contributed by atoms with van der Waals surface area (Å²) in [6.45, 7) is 14.0. The Hall–Kier alpha value is -1.89. The van der Waals surface area contributed by atoms with Gasteiger partial charge in [0.2, 0.25) is 5.96 Å². The number of hydrogen-bond acceptors (Lipinski definition) is 4. The van der Waals surface area contributed by atoms with Crippen LogP contribution in [0.25, 0.3) is 0 Å². The molecule has 3 N–H and O–H groups in total. The zero-order chi connectivity index (χ0) is 17.5. The zero-order valence-electron chi connectivity index (χ0n) is 14.0. The van der Waals surface area contributed by atoms with E-state index in [-0.39, 0.29) is 11.2 Å². The highest BCUT2D eigenvalue weighted by molar-refractivity contribution is 6.28.